The van der Waals surface area contributed by atoms with E-state index in [9.17, 15) is 9.59 Å². The van der Waals surface area contributed by atoms with Crippen LogP contribution in [0.1, 0.15) is 67.3 Å². The number of thiophene rings is 1. The van der Waals surface area contributed by atoms with Crippen LogP contribution in [-0.4, -0.2) is 52.4 Å². The van der Waals surface area contributed by atoms with E-state index in [0.29, 0.717) is 30.5 Å². The zero-order chi connectivity index (χ0) is 26.8. The molecular formula is C30H38N4O3S. The zero-order valence-corrected chi connectivity index (χ0v) is 23.7. The molecule has 1 fully saturated rings. The van der Waals surface area contributed by atoms with Gasteiger partial charge in [0.1, 0.15) is 0 Å². The number of fused-ring (bicyclic) bond motifs is 1. The Bertz CT molecular complexity index is 1370. The molecule has 0 radical (unpaired) electrons. The number of aryl methyl sites for hydroxylation is 3. The molecule has 3 aromatic heterocycles. The van der Waals surface area contributed by atoms with E-state index in [2.05, 4.69) is 27.9 Å². The van der Waals surface area contributed by atoms with Crippen molar-refractivity contribution < 1.29 is 9.53 Å². The quantitative estimate of drug-likeness (QED) is 0.471. The molecule has 0 atom stereocenters. The van der Waals surface area contributed by atoms with E-state index in [4.69, 9.17) is 4.74 Å². The molecule has 2 aliphatic rings. The molecule has 0 aromatic carbocycles. The van der Waals surface area contributed by atoms with Gasteiger partial charge in [0.15, 0.2) is 0 Å². The molecule has 3 aromatic rings. The highest BCUT2D eigenvalue weighted by molar-refractivity contribution is 7.12. The number of nitrogens with one attached hydrogen (secondary N) is 1. The molecule has 0 bridgehead atoms. The van der Waals surface area contributed by atoms with Gasteiger partial charge >= 0.3 is 0 Å². The third-order valence-corrected chi connectivity index (χ3v) is 9.46. The van der Waals surface area contributed by atoms with Crippen LogP contribution in [-0.2, 0) is 25.9 Å². The minimum absolute atomic E-state index is 0.0828. The number of likely N-dealkylation sites (tertiary alicyclic amines) is 1. The van der Waals surface area contributed by atoms with Crippen LogP contribution in [0.4, 0.5) is 0 Å². The number of carbonyl (C=O) groups excluding carboxylic acids is 1. The van der Waals surface area contributed by atoms with Crippen molar-refractivity contribution in [3.63, 3.8) is 0 Å². The maximum absolute atomic E-state index is 13.7. The number of ether oxygens (including phenoxy) is 1. The second-order valence-electron chi connectivity index (χ2n) is 10.9. The Kier molecular flexibility index (Phi) is 8.00. The van der Waals surface area contributed by atoms with Crippen molar-refractivity contribution in [3.05, 3.63) is 78.0 Å². The molecule has 0 saturated carbocycles. The predicted molar refractivity (Wildman–Crippen MR) is 151 cm³/mol. The van der Waals surface area contributed by atoms with Crippen LogP contribution in [0.5, 0.6) is 5.88 Å². The number of nitrogens with zero attached hydrogens (tertiary/aromatic N) is 3. The highest BCUT2D eigenvalue weighted by atomic mass is 32.1. The van der Waals surface area contributed by atoms with Gasteiger partial charge in [-0.15, -0.1) is 11.3 Å². The number of hydrogen-bond acceptors (Lipinski definition) is 6. The minimum Gasteiger partial charge on any atom is -0.481 e. The summed E-state index contributed by atoms with van der Waals surface area (Å²) >= 11 is 1.85. The van der Waals surface area contributed by atoms with E-state index < -0.39 is 0 Å². The van der Waals surface area contributed by atoms with E-state index in [0.717, 1.165) is 61.3 Å². The summed E-state index contributed by atoms with van der Waals surface area (Å²) in [5.41, 5.74) is 5.69. The summed E-state index contributed by atoms with van der Waals surface area (Å²) in [6.07, 6.45) is 7.05. The van der Waals surface area contributed by atoms with Gasteiger partial charge in [0.2, 0.25) is 5.88 Å². The molecule has 1 N–H and O–H groups in total. The van der Waals surface area contributed by atoms with Crippen molar-refractivity contribution in [1.29, 1.82) is 0 Å². The fourth-order valence-electron chi connectivity index (χ4n) is 5.91. The fraction of sp³-hybridized carbons (Fsp3) is 0.500. The third-order valence-electron chi connectivity index (χ3n) is 8.09. The number of carbonyl (C=O) groups is 1. The Morgan fingerprint density at radius 3 is 2.63 bits per heavy atom. The molecule has 8 heteroatoms. The Labute approximate surface area is 228 Å². The molecule has 5 heterocycles. The molecule has 5 rings (SSSR count). The van der Waals surface area contributed by atoms with Crippen LogP contribution in [0, 0.1) is 26.7 Å². The number of methoxy groups -OCH3 is 1. The van der Waals surface area contributed by atoms with Gasteiger partial charge in [-0.2, -0.15) is 0 Å². The molecule has 1 amide bonds. The van der Waals surface area contributed by atoms with Crippen molar-refractivity contribution in [2.75, 3.05) is 26.7 Å². The lowest BCUT2D eigenvalue weighted by Gasteiger charge is -2.32. The maximum atomic E-state index is 13.7. The average molecular weight is 535 g/mol. The molecule has 38 heavy (non-hydrogen) atoms. The van der Waals surface area contributed by atoms with Crippen LogP contribution < -0.4 is 10.3 Å². The first-order chi connectivity index (χ1) is 18.3. The molecular weight excluding hydrogens is 496 g/mol. The molecule has 7 nitrogen and oxygen atoms in total. The summed E-state index contributed by atoms with van der Waals surface area (Å²) in [5.74, 6) is 1.39. The lowest BCUT2D eigenvalue weighted by atomic mass is 9.91. The fourth-order valence-corrected chi connectivity index (χ4v) is 7.38. The van der Waals surface area contributed by atoms with Crippen molar-refractivity contribution in [3.8, 4) is 5.88 Å². The molecule has 0 aliphatic carbocycles. The lowest BCUT2D eigenvalue weighted by Crippen LogP contribution is -2.34. The van der Waals surface area contributed by atoms with E-state index in [-0.39, 0.29) is 11.5 Å². The number of aromatic amines is 1. The number of hydrogen-bond donors (Lipinski definition) is 1. The predicted octanol–water partition coefficient (Wildman–Crippen LogP) is 4.81. The Balaban J connectivity index is 1.24. The minimum atomic E-state index is -0.0862. The van der Waals surface area contributed by atoms with E-state index in [1.54, 1.807) is 7.11 Å². The Hall–Kier alpha value is -2.97. The number of aromatic nitrogens is 2. The number of pyridine rings is 2. The second kappa shape index (κ2) is 11.4. The van der Waals surface area contributed by atoms with Crippen LogP contribution in [0.15, 0.2) is 29.2 Å². The summed E-state index contributed by atoms with van der Waals surface area (Å²) in [4.78, 5) is 40.4. The van der Waals surface area contributed by atoms with Gasteiger partial charge in [0.25, 0.3) is 11.5 Å². The van der Waals surface area contributed by atoms with Crippen molar-refractivity contribution in [2.24, 2.45) is 5.92 Å². The summed E-state index contributed by atoms with van der Waals surface area (Å²) in [6.45, 7) is 10.1. The molecule has 202 valence electrons. The highest BCUT2D eigenvalue weighted by Gasteiger charge is 2.30. The van der Waals surface area contributed by atoms with E-state index >= 15 is 0 Å². The molecule has 0 spiro atoms. The Morgan fingerprint density at radius 1 is 1.11 bits per heavy atom. The standard InChI is InChI=1S/C30H38N4O3S/c1-19-14-20(2)32-29(35)24(19)18-34-11-5-6-25-28(30(34)36)21(3)26(38-25)15-22-8-12-33(13-9-22)17-23-7-10-31-27(16-23)37-4/h7,10,14,16,22H,5-6,8-9,11-13,15,17-18H2,1-4H3,(H,32,35). The van der Waals surface area contributed by atoms with Gasteiger partial charge in [0, 0.05) is 46.4 Å². The van der Waals surface area contributed by atoms with Gasteiger partial charge in [-0.05, 0) is 101 Å². The molecule has 2 aliphatic heterocycles. The van der Waals surface area contributed by atoms with Crippen molar-refractivity contribution in [2.45, 2.75) is 66.0 Å². The van der Waals surface area contributed by atoms with Gasteiger partial charge in [-0.3, -0.25) is 14.5 Å². The number of H-pyrrole nitrogens is 1. The average Bonchev–Trinajstić information content (AvgIpc) is 3.10. The van der Waals surface area contributed by atoms with Gasteiger partial charge < -0.3 is 14.6 Å². The number of rotatable bonds is 7. The Morgan fingerprint density at radius 2 is 1.89 bits per heavy atom. The van der Waals surface area contributed by atoms with Gasteiger partial charge in [-0.25, -0.2) is 4.98 Å². The summed E-state index contributed by atoms with van der Waals surface area (Å²) < 4.78 is 5.27. The number of amides is 1. The van der Waals surface area contributed by atoms with Gasteiger partial charge in [-0.1, -0.05) is 0 Å². The first kappa shape index (κ1) is 26.6. The van der Waals surface area contributed by atoms with E-state index in [1.807, 2.05) is 48.4 Å². The molecule has 1 saturated heterocycles. The van der Waals surface area contributed by atoms with Crippen molar-refractivity contribution in [1.82, 2.24) is 19.8 Å². The zero-order valence-electron chi connectivity index (χ0n) is 22.9. The second-order valence-corrected chi connectivity index (χ2v) is 12.0. The van der Waals surface area contributed by atoms with Gasteiger partial charge in [0.05, 0.1) is 19.2 Å². The first-order valence-electron chi connectivity index (χ1n) is 13.6. The van der Waals surface area contributed by atoms with Crippen LogP contribution in [0.3, 0.4) is 0 Å². The van der Waals surface area contributed by atoms with Crippen LogP contribution in [0.2, 0.25) is 0 Å². The topological polar surface area (TPSA) is 78.5 Å². The summed E-state index contributed by atoms with van der Waals surface area (Å²) in [7, 11) is 1.65. The van der Waals surface area contributed by atoms with Crippen LogP contribution in [0.25, 0.3) is 0 Å². The monoisotopic (exact) mass is 534 g/mol. The lowest BCUT2D eigenvalue weighted by molar-refractivity contribution is 0.0747. The first-order valence-corrected chi connectivity index (χ1v) is 14.4. The summed E-state index contributed by atoms with van der Waals surface area (Å²) in [6, 6.07) is 6.07. The largest absolute Gasteiger partial charge is 0.481 e. The number of piperidine rings is 1. The van der Waals surface area contributed by atoms with E-state index in [1.165, 1.54) is 28.2 Å². The highest BCUT2D eigenvalue weighted by Crippen LogP contribution is 2.36. The molecule has 0 unspecified atom stereocenters. The maximum Gasteiger partial charge on any atom is 0.255 e. The third kappa shape index (κ3) is 5.71. The summed E-state index contributed by atoms with van der Waals surface area (Å²) in [5, 5.41) is 0. The van der Waals surface area contributed by atoms with Crippen LogP contribution >= 0.6 is 11.3 Å². The normalized spacial score (nSPS) is 16.9. The smallest absolute Gasteiger partial charge is 0.255 e. The SMILES string of the molecule is COc1cc(CN2CCC(Cc3sc4c(c3C)C(=O)N(Cc3c(C)cc(C)[nH]c3=O)CCC4)CC2)ccn1. The van der Waals surface area contributed by atoms with Crippen molar-refractivity contribution >= 4 is 17.2 Å².